The van der Waals surface area contributed by atoms with Crippen LogP contribution in [0, 0.1) is 0 Å². The van der Waals surface area contributed by atoms with Crippen molar-refractivity contribution in [3.05, 3.63) is 0 Å². The SMILES string of the molecule is O=C(CCC(=O)N1CCC[C@H]1C(=O)N1CCC[C@H]1C(=O)ON1C(=O)CCC1=O)ON1C(=O)CCC1O. The molecule has 14 heteroatoms. The van der Waals surface area contributed by atoms with Crippen LogP contribution >= 0.6 is 0 Å². The Bertz CT molecular complexity index is 968. The van der Waals surface area contributed by atoms with Crippen LogP contribution in [0.15, 0.2) is 0 Å². The number of amides is 5. The molecule has 36 heavy (non-hydrogen) atoms. The van der Waals surface area contributed by atoms with Crippen molar-refractivity contribution in [2.24, 2.45) is 0 Å². The standard InChI is InChI=1S/C22H28N4O10/c27-15(9-10-20(32)35-25-16(28)5-6-17(25)29)23-11-1-3-13(23)21(33)24-12-2-4-14(24)22(34)36-26-18(30)7-8-19(26)31/h13-14,16,28H,1-12H2/t13-,14-,16?/m0/s1. The third-order valence-electron chi connectivity index (χ3n) is 6.73. The molecular weight excluding hydrogens is 480 g/mol. The smallest absolute Gasteiger partial charge is 0.355 e. The van der Waals surface area contributed by atoms with Crippen molar-refractivity contribution >= 4 is 41.5 Å². The van der Waals surface area contributed by atoms with Crippen LogP contribution in [-0.4, -0.2) is 97.9 Å². The van der Waals surface area contributed by atoms with Gasteiger partial charge in [0.15, 0.2) is 6.23 Å². The zero-order valence-corrected chi connectivity index (χ0v) is 19.6. The highest BCUT2D eigenvalue weighted by Gasteiger charge is 2.44. The van der Waals surface area contributed by atoms with Crippen molar-refractivity contribution in [1.82, 2.24) is 19.9 Å². The Hall–Kier alpha value is -3.55. The number of hydrogen-bond acceptors (Lipinski definition) is 10. The second-order valence-corrected chi connectivity index (χ2v) is 9.13. The van der Waals surface area contributed by atoms with Gasteiger partial charge in [0.2, 0.25) is 11.8 Å². The first-order valence-electron chi connectivity index (χ1n) is 12.1. The van der Waals surface area contributed by atoms with Crippen LogP contribution in [0.4, 0.5) is 0 Å². The Morgan fingerprint density at radius 2 is 1.42 bits per heavy atom. The van der Waals surface area contributed by atoms with E-state index in [2.05, 4.69) is 0 Å². The van der Waals surface area contributed by atoms with Gasteiger partial charge in [-0.2, -0.15) is 0 Å². The summed E-state index contributed by atoms with van der Waals surface area (Å²) < 4.78 is 0. The monoisotopic (exact) mass is 508 g/mol. The van der Waals surface area contributed by atoms with Gasteiger partial charge < -0.3 is 24.6 Å². The van der Waals surface area contributed by atoms with Gasteiger partial charge in [-0.25, -0.2) is 9.59 Å². The summed E-state index contributed by atoms with van der Waals surface area (Å²) in [4.78, 5) is 98.5. The van der Waals surface area contributed by atoms with Crippen LogP contribution in [0.5, 0.6) is 0 Å². The Morgan fingerprint density at radius 1 is 0.778 bits per heavy atom. The predicted molar refractivity (Wildman–Crippen MR) is 114 cm³/mol. The zero-order valence-electron chi connectivity index (χ0n) is 19.6. The fraction of sp³-hybridized carbons (Fsp3) is 0.682. The lowest BCUT2D eigenvalue weighted by Gasteiger charge is -2.31. The Kier molecular flexibility index (Phi) is 7.52. The minimum atomic E-state index is -1.21. The summed E-state index contributed by atoms with van der Waals surface area (Å²) >= 11 is 0. The van der Waals surface area contributed by atoms with Gasteiger partial charge in [-0.15, -0.1) is 10.1 Å². The first kappa shape index (κ1) is 25.5. The average molecular weight is 508 g/mol. The lowest BCUT2D eigenvalue weighted by atomic mass is 10.1. The largest absolute Gasteiger partial charge is 0.370 e. The molecule has 4 aliphatic rings. The first-order valence-corrected chi connectivity index (χ1v) is 12.1. The van der Waals surface area contributed by atoms with Crippen LogP contribution in [-0.2, 0) is 43.2 Å². The molecule has 4 aliphatic heterocycles. The molecule has 0 aromatic carbocycles. The van der Waals surface area contributed by atoms with E-state index in [1.807, 2.05) is 0 Å². The van der Waals surface area contributed by atoms with Gasteiger partial charge in [-0.05, 0) is 25.7 Å². The molecule has 4 rings (SSSR count). The van der Waals surface area contributed by atoms with Crippen LogP contribution < -0.4 is 0 Å². The Morgan fingerprint density at radius 3 is 2.06 bits per heavy atom. The third kappa shape index (κ3) is 5.17. The highest BCUT2D eigenvalue weighted by atomic mass is 16.7. The van der Waals surface area contributed by atoms with Crippen molar-refractivity contribution < 1.29 is 48.3 Å². The van der Waals surface area contributed by atoms with E-state index in [9.17, 15) is 38.7 Å². The summed E-state index contributed by atoms with van der Waals surface area (Å²) in [6, 6.07) is -1.80. The van der Waals surface area contributed by atoms with Crippen molar-refractivity contribution in [2.75, 3.05) is 13.1 Å². The van der Waals surface area contributed by atoms with E-state index in [-0.39, 0.29) is 45.1 Å². The highest BCUT2D eigenvalue weighted by Crippen LogP contribution is 2.27. The molecule has 0 aliphatic carbocycles. The summed E-state index contributed by atoms with van der Waals surface area (Å²) in [5, 5.41) is 10.7. The highest BCUT2D eigenvalue weighted by molar-refractivity contribution is 6.02. The molecule has 0 aromatic heterocycles. The lowest BCUT2D eigenvalue weighted by molar-refractivity contribution is -0.220. The normalized spacial score (nSPS) is 26.2. The summed E-state index contributed by atoms with van der Waals surface area (Å²) in [5.74, 6) is -4.37. The summed E-state index contributed by atoms with van der Waals surface area (Å²) in [6.45, 7) is 0.560. The molecule has 5 amide bonds. The molecule has 1 N–H and O–H groups in total. The van der Waals surface area contributed by atoms with E-state index in [0.717, 1.165) is 0 Å². The molecule has 196 valence electrons. The molecular formula is C22H28N4O10. The molecule has 0 radical (unpaired) electrons. The number of likely N-dealkylation sites (tertiary alicyclic amines) is 2. The molecule has 4 fully saturated rings. The summed E-state index contributed by atoms with van der Waals surface area (Å²) in [7, 11) is 0. The van der Waals surface area contributed by atoms with Gasteiger partial charge in [-0.1, -0.05) is 0 Å². The maximum Gasteiger partial charge on any atom is 0.355 e. The minimum absolute atomic E-state index is 0.0406. The van der Waals surface area contributed by atoms with Crippen molar-refractivity contribution in [1.29, 1.82) is 0 Å². The molecule has 4 heterocycles. The number of rotatable bonds is 7. The molecule has 14 nitrogen and oxygen atoms in total. The van der Waals surface area contributed by atoms with E-state index < -0.39 is 59.8 Å². The topological polar surface area (TPSA) is 171 Å². The fourth-order valence-corrected chi connectivity index (χ4v) is 4.86. The van der Waals surface area contributed by atoms with Gasteiger partial charge in [-0.3, -0.25) is 24.0 Å². The van der Waals surface area contributed by atoms with Gasteiger partial charge in [0, 0.05) is 45.2 Å². The number of nitrogens with zero attached hydrogens (tertiary/aromatic N) is 4. The van der Waals surface area contributed by atoms with Gasteiger partial charge in [0.1, 0.15) is 12.1 Å². The van der Waals surface area contributed by atoms with Gasteiger partial charge in [0.05, 0.1) is 6.42 Å². The van der Waals surface area contributed by atoms with Gasteiger partial charge >= 0.3 is 11.9 Å². The third-order valence-corrected chi connectivity index (χ3v) is 6.73. The second-order valence-electron chi connectivity index (χ2n) is 9.13. The molecule has 3 atom stereocenters. The maximum atomic E-state index is 13.3. The van der Waals surface area contributed by atoms with Gasteiger partial charge in [0.25, 0.3) is 17.7 Å². The van der Waals surface area contributed by atoms with Crippen molar-refractivity contribution in [2.45, 2.75) is 82.5 Å². The number of carbonyl (C=O) groups is 7. The molecule has 1 unspecified atom stereocenters. The average Bonchev–Trinajstić information content (AvgIpc) is 3.64. The van der Waals surface area contributed by atoms with E-state index in [0.29, 0.717) is 42.4 Å². The fourth-order valence-electron chi connectivity index (χ4n) is 4.86. The van der Waals surface area contributed by atoms with E-state index in [4.69, 9.17) is 9.68 Å². The summed E-state index contributed by atoms with van der Waals surface area (Å²) in [6.07, 6.45) is 0.0657. The van der Waals surface area contributed by atoms with Crippen LogP contribution in [0.2, 0.25) is 0 Å². The van der Waals surface area contributed by atoms with Crippen molar-refractivity contribution in [3.63, 3.8) is 0 Å². The predicted octanol–water partition coefficient (Wildman–Crippen LogP) is -1.25. The van der Waals surface area contributed by atoms with Crippen LogP contribution in [0.3, 0.4) is 0 Å². The quantitative estimate of drug-likeness (QED) is 0.410. The Labute approximate surface area is 205 Å². The molecule has 0 saturated carbocycles. The zero-order chi connectivity index (χ0) is 26.0. The van der Waals surface area contributed by atoms with Crippen LogP contribution in [0.25, 0.3) is 0 Å². The number of imide groups is 1. The molecule has 0 bridgehead atoms. The number of carbonyl (C=O) groups excluding carboxylic acids is 7. The number of aliphatic hydroxyl groups is 1. The van der Waals surface area contributed by atoms with E-state index in [1.54, 1.807) is 0 Å². The maximum absolute atomic E-state index is 13.3. The first-order chi connectivity index (χ1) is 17.2. The number of aliphatic hydroxyl groups excluding tert-OH is 1. The lowest BCUT2D eigenvalue weighted by Crippen LogP contribution is -2.52. The van der Waals surface area contributed by atoms with E-state index in [1.165, 1.54) is 9.80 Å². The van der Waals surface area contributed by atoms with E-state index >= 15 is 0 Å². The second kappa shape index (κ2) is 10.6. The number of hydroxylamine groups is 4. The Balaban J connectivity index is 1.32. The van der Waals surface area contributed by atoms with Crippen molar-refractivity contribution in [3.8, 4) is 0 Å². The minimum Gasteiger partial charge on any atom is -0.370 e. The molecule has 0 aromatic rings. The molecule has 0 spiro atoms. The molecule has 4 saturated heterocycles. The van der Waals surface area contributed by atoms with Crippen LogP contribution in [0.1, 0.15) is 64.2 Å². The number of hydrogen-bond donors (Lipinski definition) is 1. The summed E-state index contributed by atoms with van der Waals surface area (Å²) in [5.41, 5.74) is 0.